The van der Waals surface area contributed by atoms with Gasteiger partial charge < -0.3 is 10.1 Å². The Morgan fingerprint density at radius 3 is 2.80 bits per heavy atom. The van der Waals surface area contributed by atoms with Crippen molar-refractivity contribution in [3.8, 4) is 0 Å². The van der Waals surface area contributed by atoms with Crippen LogP contribution in [0.4, 0.5) is 0 Å². The number of thiazole rings is 1. The first-order chi connectivity index (χ1) is 12.1. The highest BCUT2D eigenvalue weighted by atomic mass is 32.2. The van der Waals surface area contributed by atoms with E-state index < -0.39 is 0 Å². The van der Waals surface area contributed by atoms with E-state index in [1.807, 2.05) is 42.6 Å². The summed E-state index contributed by atoms with van der Waals surface area (Å²) in [5, 5.41) is 4.54. The zero-order chi connectivity index (χ0) is 18.1. The Morgan fingerprint density at radius 1 is 1.32 bits per heavy atom. The fourth-order valence-corrected chi connectivity index (χ4v) is 4.11. The SMILES string of the molecule is CCOC(=O)Cc1csc(S[C@@H](C)C(=O)NCCc2ccccc2)n1. The van der Waals surface area contributed by atoms with Crippen molar-refractivity contribution in [1.82, 2.24) is 10.3 Å². The van der Waals surface area contributed by atoms with Crippen molar-refractivity contribution in [3.05, 3.63) is 47.0 Å². The van der Waals surface area contributed by atoms with E-state index in [1.165, 1.54) is 28.7 Å². The van der Waals surface area contributed by atoms with Gasteiger partial charge in [0.05, 0.1) is 24.0 Å². The molecule has 0 bridgehead atoms. The van der Waals surface area contributed by atoms with E-state index in [4.69, 9.17) is 4.74 Å². The molecule has 0 aliphatic carbocycles. The maximum atomic E-state index is 12.2. The number of aromatic nitrogens is 1. The van der Waals surface area contributed by atoms with Crippen LogP contribution in [0.1, 0.15) is 25.1 Å². The molecule has 1 heterocycles. The van der Waals surface area contributed by atoms with Crippen LogP contribution in [0.15, 0.2) is 40.1 Å². The molecule has 7 heteroatoms. The molecule has 1 N–H and O–H groups in total. The summed E-state index contributed by atoms with van der Waals surface area (Å²) in [4.78, 5) is 28.0. The van der Waals surface area contributed by atoms with Gasteiger partial charge in [0.15, 0.2) is 4.34 Å². The predicted molar refractivity (Wildman–Crippen MR) is 101 cm³/mol. The largest absolute Gasteiger partial charge is 0.466 e. The molecule has 134 valence electrons. The van der Waals surface area contributed by atoms with Gasteiger partial charge in [-0.25, -0.2) is 4.98 Å². The van der Waals surface area contributed by atoms with Crippen molar-refractivity contribution in [2.75, 3.05) is 13.2 Å². The minimum atomic E-state index is -0.281. The Kier molecular flexibility index (Phi) is 7.94. The first kappa shape index (κ1) is 19.5. The van der Waals surface area contributed by atoms with Gasteiger partial charge in [0.1, 0.15) is 0 Å². The van der Waals surface area contributed by atoms with Crippen LogP contribution < -0.4 is 5.32 Å². The Hall–Kier alpha value is -1.86. The van der Waals surface area contributed by atoms with Gasteiger partial charge in [0.25, 0.3) is 0 Å². The lowest BCUT2D eigenvalue weighted by Crippen LogP contribution is -2.32. The summed E-state index contributed by atoms with van der Waals surface area (Å²) < 4.78 is 5.69. The second-order valence-corrected chi connectivity index (χ2v) is 7.82. The zero-order valence-electron chi connectivity index (χ0n) is 14.4. The summed E-state index contributed by atoms with van der Waals surface area (Å²) in [7, 11) is 0. The monoisotopic (exact) mass is 378 g/mol. The maximum absolute atomic E-state index is 12.2. The van der Waals surface area contributed by atoms with Crippen molar-refractivity contribution in [3.63, 3.8) is 0 Å². The lowest BCUT2D eigenvalue weighted by molar-refractivity contribution is -0.142. The standard InChI is InChI=1S/C18H22N2O3S2/c1-3-23-16(21)11-15-12-24-18(20-15)25-13(2)17(22)19-10-9-14-7-5-4-6-8-14/h4-8,12-13H,3,9-11H2,1-2H3,(H,19,22)/t13-/m0/s1. The summed E-state index contributed by atoms with van der Waals surface area (Å²) in [6, 6.07) is 10.1. The first-order valence-electron chi connectivity index (χ1n) is 8.16. The lowest BCUT2D eigenvalue weighted by Gasteiger charge is -2.10. The Morgan fingerprint density at radius 2 is 2.08 bits per heavy atom. The Bertz CT molecular complexity index is 689. The second-order valence-electron chi connectivity index (χ2n) is 5.37. The van der Waals surface area contributed by atoms with Crippen LogP contribution in [0.3, 0.4) is 0 Å². The molecule has 0 fully saturated rings. The summed E-state index contributed by atoms with van der Waals surface area (Å²) in [5.41, 5.74) is 1.88. The highest BCUT2D eigenvalue weighted by molar-refractivity contribution is 8.02. The van der Waals surface area contributed by atoms with Gasteiger partial charge in [0.2, 0.25) is 5.91 Å². The van der Waals surface area contributed by atoms with Gasteiger partial charge in [0, 0.05) is 11.9 Å². The van der Waals surface area contributed by atoms with E-state index >= 15 is 0 Å². The topological polar surface area (TPSA) is 68.3 Å². The van der Waals surface area contributed by atoms with Crippen molar-refractivity contribution < 1.29 is 14.3 Å². The number of carbonyl (C=O) groups is 2. The van der Waals surface area contributed by atoms with Crippen LogP contribution in [0.25, 0.3) is 0 Å². The average molecular weight is 379 g/mol. The molecule has 0 saturated heterocycles. The van der Waals surface area contributed by atoms with Gasteiger partial charge >= 0.3 is 5.97 Å². The molecule has 2 rings (SSSR count). The molecule has 0 spiro atoms. The molecular weight excluding hydrogens is 356 g/mol. The van der Waals surface area contributed by atoms with E-state index in [1.54, 1.807) is 6.92 Å². The van der Waals surface area contributed by atoms with Crippen molar-refractivity contribution in [1.29, 1.82) is 0 Å². The molecule has 25 heavy (non-hydrogen) atoms. The van der Waals surface area contributed by atoms with E-state index in [0.717, 1.165) is 10.8 Å². The number of amides is 1. The molecule has 2 aromatic rings. The summed E-state index contributed by atoms with van der Waals surface area (Å²) >= 11 is 2.84. The van der Waals surface area contributed by atoms with E-state index in [-0.39, 0.29) is 23.5 Å². The Balaban J connectivity index is 1.75. The highest BCUT2D eigenvalue weighted by Gasteiger charge is 2.17. The molecule has 0 unspecified atom stereocenters. The van der Waals surface area contributed by atoms with Crippen LogP contribution >= 0.6 is 23.1 Å². The lowest BCUT2D eigenvalue weighted by atomic mass is 10.1. The molecule has 0 aliphatic rings. The van der Waals surface area contributed by atoms with Crippen molar-refractivity contribution >= 4 is 35.0 Å². The number of thioether (sulfide) groups is 1. The number of rotatable bonds is 9. The maximum Gasteiger partial charge on any atom is 0.311 e. The summed E-state index contributed by atoms with van der Waals surface area (Å²) in [6.45, 7) is 4.61. The number of benzene rings is 1. The number of nitrogens with zero attached hydrogens (tertiary/aromatic N) is 1. The molecule has 1 aromatic heterocycles. The fourth-order valence-electron chi connectivity index (χ4n) is 2.11. The molecule has 0 saturated carbocycles. The minimum Gasteiger partial charge on any atom is -0.466 e. The third-order valence-electron chi connectivity index (χ3n) is 3.36. The number of nitrogens with one attached hydrogen (secondary N) is 1. The second kappa shape index (κ2) is 10.2. The fraction of sp³-hybridized carbons (Fsp3) is 0.389. The zero-order valence-corrected chi connectivity index (χ0v) is 16.0. The highest BCUT2D eigenvalue weighted by Crippen LogP contribution is 2.27. The molecule has 1 atom stereocenters. The van der Waals surface area contributed by atoms with Gasteiger partial charge in [-0.15, -0.1) is 11.3 Å². The smallest absolute Gasteiger partial charge is 0.311 e. The van der Waals surface area contributed by atoms with Crippen LogP contribution in [0, 0.1) is 0 Å². The molecule has 1 aromatic carbocycles. The number of hydrogen-bond acceptors (Lipinski definition) is 6. The minimum absolute atomic E-state index is 0.0110. The molecular formula is C18H22N2O3S2. The van der Waals surface area contributed by atoms with E-state index in [0.29, 0.717) is 18.8 Å². The Labute approximate surface area is 156 Å². The van der Waals surface area contributed by atoms with Crippen molar-refractivity contribution in [2.24, 2.45) is 0 Å². The quantitative estimate of drug-likeness (QED) is 0.536. The van der Waals surface area contributed by atoms with Crippen LogP contribution in [-0.2, 0) is 27.2 Å². The molecule has 5 nitrogen and oxygen atoms in total. The third kappa shape index (κ3) is 6.88. The van der Waals surface area contributed by atoms with E-state index in [2.05, 4.69) is 10.3 Å². The van der Waals surface area contributed by atoms with Crippen LogP contribution in [-0.4, -0.2) is 35.3 Å². The third-order valence-corrected chi connectivity index (χ3v) is 5.48. The average Bonchev–Trinajstić information content (AvgIpc) is 3.02. The van der Waals surface area contributed by atoms with Gasteiger partial charge in [-0.1, -0.05) is 42.1 Å². The normalized spacial score (nSPS) is 11.8. The van der Waals surface area contributed by atoms with Gasteiger partial charge in [-0.3, -0.25) is 9.59 Å². The van der Waals surface area contributed by atoms with Crippen LogP contribution in [0.2, 0.25) is 0 Å². The molecule has 0 radical (unpaired) electrons. The number of carbonyl (C=O) groups excluding carboxylic acids is 2. The van der Waals surface area contributed by atoms with Gasteiger partial charge in [-0.2, -0.15) is 0 Å². The van der Waals surface area contributed by atoms with Gasteiger partial charge in [-0.05, 0) is 25.8 Å². The van der Waals surface area contributed by atoms with E-state index in [9.17, 15) is 9.59 Å². The summed E-state index contributed by atoms with van der Waals surface area (Å²) in [6.07, 6.45) is 0.980. The van der Waals surface area contributed by atoms with Crippen LogP contribution in [0.5, 0.6) is 0 Å². The summed E-state index contributed by atoms with van der Waals surface area (Å²) in [5.74, 6) is -0.292. The number of hydrogen-bond donors (Lipinski definition) is 1. The first-order valence-corrected chi connectivity index (χ1v) is 9.92. The van der Waals surface area contributed by atoms with Crippen molar-refractivity contribution in [2.45, 2.75) is 36.3 Å². The molecule has 1 amide bonds. The predicted octanol–water partition coefficient (Wildman–Crippen LogP) is 3.09. The number of esters is 1. The molecule has 0 aliphatic heterocycles. The number of ether oxygens (including phenoxy) is 1.